The van der Waals surface area contributed by atoms with Gasteiger partial charge in [-0.3, -0.25) is 14.9 Å². The van der Waals surface area contributed by atoms with Crippen LogP contribution < -0.4 is 15.4 Å². The van der Waals surface area contributed by atoms with Gasteiger partial charge in [0.2, 0.25) is 11.8 Å². The first-order valence-electron chi connectivity index (χ1n) is 9.13. The van der Waals surface area contributed by atoms with Crippen molar-refractivity contribution >= 4 is 17.3 Å². The van der Waals surface area contributed by atoms with E-state index in [2.05, 4.69) is 15.6 Å². The van der Waals surface area contributed by atoms with Gasteiger partial charge in [-0.05, 0) is 35.9 Å². The molecule has 30 heavy (non-hydrogen) atoms. The van der Waals surface area contributed by atoms with Gasteiger partial charge in [-0.2, -0.15) is 0 Å². The maximum absolute atomic E-state index is 12.9. The summed E-state index contributed by atoms with van der Waals surface area (Å²) < 4.78 is 18.4. The molecule has 0 saturated carbocycles. The standard InChI is InChI=1S/C21H19FN4O4/c22-16-6-8-17(9-7-16)30-21-10-5-15(14-25-21)13-24-20(27)11-12-23-18-3-1-2-4-19(18)26(28)29/h1-10,14,23H,11-13H2,(H,24,27). The number of nitro groups is 1. The zero-order valence-electron chi connectivity index (χ0n) is 15.9. The zero-order valence-corrected chi connectivity index (χ0v) is 15.9. The first-order chi connectivity index (χ1) is 14.5. The minimum Gasteiger partial charge on any atom is -0.439 e. The maximum Gasteiger partial charge on any atom is 0.292 e. The number of ether oxygens (including phenoxy) is 1. The van der Waals surface area contributed by atoms with Crippen molar-refractivity contribution in [2.24, 2.45) is 0 Å². The lowest BCUT2D eigenvalue weighted by Gasteiger charge is -2.09. The second-order valence-corrected chi connectivity index (χ2v) is 6.29. The van der Waals surface area contributed by atoms with Crippen LogP contribution in [0, 0.1) is 15.9 Å². The predicted molar refractivity (Wildman–Crippen MR) is 109 cm³/mol. The fourth-order valence-electron chi connectivity index (χ4n) is 2.58. The average Bonchev–Trinajstić information content (AvgIpc) is 2.75. The molecule has 0 fully saturated rings. The predicted octanol–water partition coefficient (Wildman–Crippen LogP) is 4.04. The van der Waals surface area contributed by atoms with Crippen molar-refractivity contribution in [2.75, 3.05) is 11.9 Å². The van der Waals surface area contributed by atoms with Crippen molar-refractivity contribution in [3.63, 3.8) is 0 Å². The summed E-state index contributed by atoms with van der Waals surface area (Å²) in [5.74, 6) is 0.271. The summed E-state index contributed by atoms with van der Waals surface area (Å²) in [4.78, 5) is 26.7. The van der Waals surface area contributed by atoms with Crippen LogP contribution >= 0.6 is 0 Å². The van der Waals surface area contributed by atoms with E-state index in [1.54, 1.807) is 36.5 Å². The summed E-state index contributed by atoms with van der Waals surface area (Å²) in [7, 11) is 0. The van der Waals surface area contributed by atoms with Crippen molar-refractivity contribution < 1.29 is 18.8 Å². The Labute approximate surface area is 171 Å². The lowest BCUT2D eigenvalue weighted by atomic mass is 10.2. The zero-order chi connectivity index (χ0) is 21.3. The molecule has 0 bridgehead atoms. The molecule has 0 radical (unpaired) electrons. The van der Waals surface area contributed by atoms with Gasteiger partial charge in [0.25, 0.3) is 5.69 Å². The molecule has 2 N–H and O–H groups in total. The molecule has 0 atom stereocenters. The number of nitrogens with zero attached hydrogens (tertiary/aromatic N) is 2. The van der Waals surface area contributed by atoms with Crippen LogP contribution in [0.15, 0.2) is 66.9 Å². The average molecular weight is 410 g/mol. The van der Waals surface area contributed by atoms with Gasteiger partial charge in [-0.1, -0.05) is 18.2 Å². The van der Waals surface area contributed by atoms with Gasteiger partial charge in [0.1, 0.15) is 17.3 Å². The highest BCUT2D eigenvalue weighted by atomic mass is 19.1. The highest BCUT2D eigenvalue weighted by Gasteiger charge is 2.12. The second kappa shape index (κ2) is 9.97. The second-order valence-electron chi connectivity index (χ2n) is 6.29. The van der Waals surface area contributed by atoms with Crippen LogP contribution in [0.25, 0.3) is 0 Å². The van der Waals surface area contributed by atoms with E-state index in [0.717, 1.165) is 5.56 Å². The van der Waals surface area contributed by atoms with E-state index in [0.29, 0.717) is 17.3 Å². The monoisotopic (exact) mass is 410 g/mol. The molecule has 1 heterocycles. The largest absolute Gasteiger partial charge is 0.439 e. The quantitative estimate of drug-likeness (QED) is 0.407. The number of nitro benzene ring substituents is 1. The molecule has 8 nitrogen and oxygen atoms in total. The van der Waals surface area contributed by atoms with Crippen LogP contribution in [0.1, 0.15) is 12.0 Å². The number of anilines is 1. The summed E-state index contributed by atoms with van der Waals surface area (Å²) in [6.45, 7) is 0.549. The number of para-hydroxylation sites is 2. The molecule has 3 aromatic rings. The summed E-state index contributed by atoms with van der Waals surface area (Å²) in [5.41, 5.74) is 1.12. The molecule has 2 aromatic carbocycles. The third kappa shape index (κ3) is 5.99. The number of carbonyl (C=O) groups is 1. The lowest BCUT2D eigenvalue weighted by Crippen LogP contribution is -2.25. The number of benzene rings is 2. The number of amides is 1. The fourth-order valence-corrected chi connectivity index (χ4v) is 2.58. The van der Waals surface area contributed by atoms with Crippen LogP contribution in [0.2, 0.25) is 0 Å². The smallest absolute Gasteiger partial charge is 0.292 e. The van der Waals surface area contributed by atoms with Crippen molar-refractivity contribution in [2.45, 2.75) is 13.0 Å². The van der Waals surface area contributed by atoms with E-state index in [9.17, 15) is 19.3 Å². The Morgan fingerprint density at radius 1 is 1.10 bits per heavy atom. The first-order valence-corrected chi connectivity index (χ1v) is 9.13. The van der Waals surface area contributed by atoms with Gasteiger partial charge in [0, 0.05) is 37.8 Å². The molecule has 0 aliphatic rings. The van der Waals surface area contributed by atoms with E-state index in [-0.39, 0.29) is 36.9 Å². The summed E-state index contributed by atoms with van der Waals surface area (Å²) in [6.07, 6.45) is 1.73. The third-order valence-corrected chi connectivity index (χ3v) is 4.09. The number of nitrogens with one attached hydrogen (secondary N) is 2. The fraction of sp³-hybridized carbons (Fsp3) is 0.143. The van der Waals surface area contributed by atoms with E-state index in [1.165, 1.54) is 30.3 Å². The normalized spacial score (nSPS) is 10.3. The van der Waals surface area contributed by atoms with Crippen LogP contribution in [-0.2, 0) is 11.3 Å². The molecular formula is C21H19FN4O4. The number of hydrogen-bond donors (Lipinski definition) is 2. The lowest BCUT2D eigenvalue weighted by molar-refractivity contribution is -0.384. The molecule has 3 rings (SSSR count). The van der Waals surface area contributed by atoms with Gasteiger partial charge < -0.3 is 15.4 Å². The maximum atomic E-state index is 12.9. The Hall–Kier alpha value is -4.01. The van der Waals surface area contributed by atoms with Gasteiger partial charge >= 0.3 is 0 Å². The minimum absolute atomic E-state index is 0.0353. The van der Waals surface area contributed by atoms with Crippen molar-refractivity contribution in [3.05, 3.63) is 88.4 Å². The number of hydrogen-bond acceptors (Lipinski definition) is 6. The van der Waals surface area contributed by atoms with Gasteiger partial charge in [0.15, 0.2) is 0 Å². The molecule has 1 aromatic heterocycles. The summed E-state index contributed by atoms with van der Waals surface area (Å²) in [6, 6.07) is 15.3. The van der Waals surface area contributed by atoms with Crippen LogP contribution in [0.3, 0.4) is 0 Å². The number of pyridine rings is 1. The van der Waals surface area contributed by atoms with Crippen LogP contribution in [0.4, 0.5) is 15.8 Å². The SMILES string of the molecule is O=C(CCNc1ccccc1[N+](=O)[O-])NCc1ccc(Oc2ccc(F)cc2)nc1. The molecule has 9 heteroatoms. The third-order valence-electron chi connectivity index (χ3n) is 4.09. The van der Waals surface area contributed by atoms with E-state index in [4.69, 9.17) is 4.74 Å². The number of rotatable bonds is 9. The highest BCUT2D eigenvalue weighted by molar-refractivity contribution is 5.76. The Morgan fingerprint density at radius 3 is 2.57 bits per heavy atom. The van der Waals surface area contributed by atoms with Gasteiger partial charge in [-0.25, -0.2) is 9.37 Å². The van der Waals surface area contributed by atoms with Crippen molar-refractivity contribution in [1.82, 2.24) is 10.3 Å². The number of halogens is 1. The molecule has 154 valence electrons. The minimum atomic E-state index is -0.473. The Bertz CT molecular complexity index is 1010. The molecule has 1 amide bonds. The Kier molecular flexibility index (Phi) is 6.88. The molecule has 0 unspecified atom stereocenters. The number of aromatic nitrogens is 1. The topological polar surface area (TPSA) is 106 Å². The number of carbonyl (C=O) groups excluding carboxylic acids is 1. The molecular weight excluding hydrogens is 391 g/mol. The highest BCUT2D eigenvalue weighted by Crippen LogP contribution is 2.23. The van der Waals surface area contributed by atoms with Gasteiger partial charge in [-0.15, -0.1) is 0 Å². The Morgan fingerprint density at radius 2 is 1.87 bits per heavy atom. The van der Waals surface area contributed by atoms with Crippen LogP contribution in [0.5, 0.6) is 11.6 Å². The van der Waals surface area contributed by atoms with Crippen molar-refractivity contribution in [1.29, 1.82) is 0 Å². The summed E-state index contributed by atoms with van der Waals surface area (Å²) in [5, 5.41) is 16.6. The van der Waals surface area contributed by atoms with Gasteiger partial charge in [0.05, 0.1) is 4.92 Å². The molecule has 0 aliphatic heterocycles. The van der Waals surface area contributed by atoms with Crippen LogP contribution in [-0.4, -0.2) is 22.4 Å². The van der Waals surface area contributed by atoms with E-state index in [1.807, 2.05) is 0 Å². The first kappa shape index (κ1) is 20.7. The molecule has 0 saturated heterocycles. The Balaban J connectivity index is 1.42. The van der Waals surface area contributed by atoms with Crippen molar-refractivity contribution in [3.8, 4) is 11.6 Å². The summed E-state index contributed by atoms with van der Waals surface area (Å²) >= 11 is 0. The molecule has 0 spiro atoms. The van der Waals surface area contributed by atoms with E-state index >= 15 is 0 Å². The molecule has 0 aliphatic carbocycles. The van der Waals surface area contributed by atoms with E-state index < -0.39 is 4.92 Å².